The van der Waals surface area contributed by atoms with Crippen LogP contribution in [0.25, 0.3) is 11.5 Å². The van der Waals surface area contributed by atoms with Crippen molar-refractivity contribution in [2.45, 2.75) is 25.4 Å². The number of rotatable bonds is 8. The summed E-state index contributed by atoms with van der Waals surface area (Å²) in [5.74, 6) is 0.555. The Kier molecular flexibility index (Phi) is 7.36. The first-order chi connectivity index (χ1) is 16.3. The Balaban J connectivity index is 1.45. The van der Waals surface area contributed by atoms with Crippen LogP contribution in [0.1, 0.15) is 13.8 Å². The number of phenols is 1. The maximum Gasteiger partial charge on any atom is 0.288 e. The summed E-state index contributed by atoms with van der Waals surface area (Å²) >= 11 is 5.39. The van der Waals surface area contributed by atoms with Gasteiger partial charge in [0.15, 0.2) is 0 Å². The number of aromatic nitrogens is 2. The number of aromatic hydroxyl groups is 1. The van der Waals surface area contributed by atoms with Crippen molar-refractivity contribution in [1.29, 1.82) is 0 Å². The zero-order valence-corrected chi connectivity index (χ0v) is 20.9. The van der Waals surface area contributed by atoms with E-state index in [9.17, 15) is 13.5 Å². The molecular formula is C23H29N5O4S2. The minimum atomic E-state index is -3.58. The first-order valence-electron chi connectivity index (χ1n) is 11.3. The van der Waals surface area contributed by atoms with Gasteiger partial charge in [0.1, 0.15) is 5.75 Å². The fourth-order valence-corrected chi connectivity index (χ4v) is 5.70. The summed E-state index contributed by atoms with van der Waals surface area (Å²) in [5, 5.41) is 14.0. The minimum absolute atomic E-state index is 0.203. The van der Waals surface area contributed by atoms with Crippen LogP contribution in [0, 0.1) is 4.84 Å². The maximum absolute atomic E-state index is 12.9. The molecule has 2 heterocycles. The molecule has 0 amide bonds. The highest BCUT2D eigenvalue weighted by Crippen LogP contribution is 2.24. The van der Waals surface area contributed by atoms with Crippen LogP contribution in [0.5, 0.6) is 5.75 Å². The molecule has 1 N–H and O–H groups in total. The fourth-order valence-electron chi connectivity index (χ4n) is 4.01. The first kappa shape index (κ1) is 24.4. The molecule has 0 unspecified atom stereocenters. The topological polar surface area (TPSA) is 95.1 Å². The molecule has 4 rings (SSSR count). The van der Waals surface area contributed by atoms with E-state index in [4.69, 9.17) is 16.6 Å². The monoisotopic (exact) mass is 503 g/mol. The smallest absolute Gasteiger partial charge is 0.288 e. The average Bonchev–Trinajstić information content (AvgIpc) is 3.21. The summed E-state index contributed by atoms with van der Waals surface area (Å²) in [5.41, 5.74) is 1.65. The standard InChI is InChI=1S/C23H29N5O4S2/c1-3-27(4-2)34(30,31)21-7-5-6-18(16-21)22-24-28(23(33)32-22)17-25-12-14-26(15-13-25)19-8-10-20(29)11-9-19/h5-11,16,29H,3-4,12-15,17H2,1-2H3. The van der Waals surface area contributed by atoms with Crippen molar-refractivity contribution in [3.05, 3.63) is 53.4 Å². The summed E-state index contributed by atoms with van der Waals surface area (Å²) < 4.78 is 34.5. The zero-order chi connectivity index (χ0) is 24.3. The second-order valence-corrected chi connectivity index (χ2v) is 10.3. The molecule has 0 aliphatic carbocycles. The van der Waals surface area contributed by atoms with Gasteiger partial charge < -0.3 is 14.4 Å². The van der Waals surface area contributed by atoms with Crippen LogP contribution >= 0.6 is 12.2 Å². The van der Waals surface area contributed by atoms with E-state index in [1.807, 2.05) is 26.0 Å². The van der Waals surface area contributed by atoms with Crippen molar-refractivity contribution in [2.75, 3.05) is 44.2 Å². The van der Waals surface area contributed by atoms with Gasteiger partial charge in [-0.25, -0.2) is 13.1 Å². The molecule has 1 aromatic heterocycles. The highest BCUT2D eigenvalue weighted by molar-refractivity contribution is 7.89. The van der Waals surface area contributed by atoms with E-state index in [0.717, 1.165) is 31.9 Å². The summed E-state index contributed by atoms with van der Waals surface area (Å²) in [4.78, 5) is 4.95. The SMILES string of the molecule is CCN(CC)S(=O)(=O)c1cccc(-c2nn(CN3CCN(c4ccc(O)cc4)CC3)c(=S)o2)c1. The highest BCUT2D eigenvalue weighted by Gasteiger charge is 2.23. The predicted molar refractivity (Wildman–Crippen MR) is 133 cm³/mol. The van der Waals surface area contributed by atoms with Gasteiger partial charge in [-0.2, -0.15) is 4.31 Å². The first-order valence-corrected chi connectivity index (χ1v) is 13.1. The minimum Gasteiger partial charge on any atom is -0.508 e. The van der Waals surface area contributed by atoms with Gasteiger partial charge in [-0.15, -0.1) is 5.10 Å². The number of nitrogens with zero attached hydrogens (tertiary/aromatic N) is 5. The number of benzene rings is 2. The molecule has 3 aromatic rings. The molecule has 1 aliphatic rings. The van der Waals surface area contributed by atoms with Crippen molar-refractivity contribution in [1.82, 2.24) is 19.0 Å². The van der Waals surface area contributed by atoms with E-state index in [1.54, 1.807) is 41.1 Å². The van der Waals surface area contributed by atoms with Crippen LogP contribution in [-0.4, -0.2) is 71.8 Å². The Morgan fingerprint density at radius 2 is 1.74 bits per heavy atom. The third-order valence-corrected chi connectivity index (χ3v) is 8.29. The molecule has 0 atom stereocenters. The number of hydrogen-bond donors (Lipinski definition) is 1. The van der Waals surface area contributed by atoms with Crippen molar-refractivity contribution in [3.63, 3.8) is 0 Å². The van der Waals surface area contributed by atoms with Crippen LogP contribution in [0.3, 0.4) is 0 Å². The molecule has 0 bridgehead atoms. The summed E-state index contributed by atoms with van der Waals surface area (Å²) in [6, 6.07) is 13.8. The largest absolute Gasteiger partial charge is 0.508 e. The van der Waals surface area contributed by atoms with Gasteiger partial charge in [0.05, 0.1) is 11.6 Å². The summed E-state index contributed by atoms with van der Waals surface area (Å²) in [7, 11) is -3.58. The second-order valence-electron chi connectivity index (χ2n) is 8.05. The van der Waals surface area contributed by atoms with Crippen LogP contribution in [0.15, 0.2) is 57.8 Å². The van der Waals surface area contributed by atoms with Crippen LogP contribution in [0.2, 0.25) is 0 Å². The fraction of sp³-hybridized carbons (Fsp3) is 0.391. The number of piperazine rings is 1. The maximum atomic E-state index is 12.9. The lowest BCUT2D eigenvalue weighted by atomic mass is 10.2. The quantitative estimate of drug-likeness (QED) is 0.468. The Hall–Kier alpha value is -2.73. The van der Waals surface area contributed by atoms with Gasteiger partial charge in [0.25, 0.3) is 4.84 Å². The van der Waals surface area contributed by atoms with Gasteiger partial charge in [-0.05, 0) is 54.7 Å². The van der Waals surface area contributed by atoms with Gasteiger partial charge in [0.2, 0.25) is 15.9 Å². The molecule has 0 radical (unpaired) electrons. The Morgan fingerprint density at radius 3 is 2.38 bits per heavy atom. The molecular weight excluding hydrogens is 474 g/mol. The van der Waals surface area contributed by atoms with Crippen molar-refractivity contribution < 1.29 is 17.9 Å². The molecule has 1 aliphatic heterocycles. The van der Waals surface area contributed by atoms with Crippen molar-refractivity contribution in [2.24, 2.45) is 0 Å². The van der Waals surface area contributed by atoms with E-state index in [-0.39, 0.29) is 15.5 Å². The van der Waals surface area contributed by atoms with Gasteiger partial charge >= 0.3 is 0 Å². The van der Waals surface area contributed by atoms with Gasteiger partial charge in [-0.1, -0.05) is 19.9 Å². The molecule has 2 aromatic carbocycles. The molecule has 1 fully saturated rings. The molecule has 0 spiro atoms. The van der Waals surface area contributed by atoms with E-state index >= 15 is 0 Å². The van der Waals surface area contributed by atoms with Crippen LogP contribution in [0.4, 0.5) is 5.69 Å². The number of hydrogen-bond acceptors (Lipinski definition) is 8. The van der Waals surface area contributed by atoms with Gasteiger partial charge in [0, 0.05) is 50.5 Å². The number of anilines is 1. The Labute approximate surface area is 204 Å². The van der Waals surface area contributed by atoms with Crippen molar-refractivity contribution in [3.8, 4) is 17.2 Å². The lowest BCUT2D eigenvalue weighted by Gasteiger charge is -2.35. The average molecular weight is 504 g/mol. The summed E-state index contributed by atoms with van der Waals surface area (Å²) in [6.07, 6.45) is 0. The van der Waals surface area contributed by atoms with Crippen LogP contribution < -0.4 is 4.90 Å². The van der Waals surface area contributed by atoms with E-state index in [1.165, 1.54) is 4.31 Å². The number of phenolic OH excluding ortho intramolecular Hbond substituents is 1. The lowest BCUT2D eigenvalue weighted by Crippen LogP contribution is -2.46. The third kappa shape index (κ3) is 5.17. The van der Waals surface area contributed by atoms with Crippen LogP contribution in [-0.2, 0) is 16.7 Å². The molecule has 11 heteroatoms. The lowest BCUT2D eigenvalue weighted by molar-refractivity contribution is 0.192. The zero-order valence-electron chi connectivity index (χ0n) is 19.3. The Morgan fingerprint density at radius 1 is 1.06 bits per heavy atom. The third-order valence-electron chi connectivity index (χ3n) is 5.95. The predicted octanol–water partition coefficient (Wildman–Crippen LogP) is 3.39. The molecule has 34 heavy (non-hydrogen) atoms. The number of sulfonamides is 1. The molecule has 0 saturated carbocycles. The van der Waals surface area contributed by atoms with E-state index < -0.39 is 10.0 Å². The Bertz CT molecular complexity index is 1280. The van der Waals surface area contributed by atoms with Crippen molar-refractivity contribution >= 4 is 27.9 Å². The van der Waals surface area contributed by atoms with E-state index in [2.05, 4.69) is 14.9 Å². The normalized spacial score (nSPS) is 15.2. The molecule has 1 saturated heterocycles. The second kappa shape index (κ2) is 10.3. The molecule has 9 nitrogen and oxygen atoms in total. The molecule has 182 valence electrons. The van der Waals surface area contributed by atoms with Gasteiger partial charge in [-0.3, -0.25) is 4.90 Å². The highest BCUT2D eigenvalue weighted by atomic mass is 32.2. The van der Waals surface area contributed by atoms with E-state index in [0.29, 0.717) is 31.2 Å². The summed E-state index contributed by atoms with van der Waals surface area (Å²) in [6.45, 7) is 8.25.